The summed E-state index contributed by atoms with van der Waals surface area (Å²) in [6.45, 7) is 2.20. The average Bonchev–Trinajstić information content (AvgIpc) is 2.31. The summed E-state index contributed by atoms with van der Waals surface area (Å²) in [7, 11) is 0. The zero-order valence-electron chi connectivity index (χ0n) is 11.4. The lowest BCUT2D eigenvalue weighted by Gasteiger charge is -2.39. The molecule has 18 heavy (non-hydrogen) atoms. The van der Waals surface area contributed by atoms with Crippen molar-refractivity contribution in [1.29, 1.82) is 0 Å². The number of rotatable bonds is 2. The molecule has 2 saturated carbocycles. The average molecular weight is 244 g/mol. The molecular formula is C17H24O. The predicted molar refractivity (Wildman–Crippen MR) is 74.6 cm³/mol. The van der Waals surface area contributed by atoms with E-state index in [0.29, 0.717) is 5.92 Å². The maximum absolute atomic E-state index is 11.0. The molecule has 98 valence electrons. The van der Waals surface area contributed by atoms with E-state index in [2.05, 4.69) is 31.2 Å². The van der Waals surface area contributed by atoms with Gasteiger partial charge in [0.1, 0.15) is 0 Å². The maximum atomic E-state index is 11.0. The van der Waals surface area contributed by atoms with Gasteiger partial charge in [-0.3, -0.25) is 0 Å². The Kier molecular flexibility index (Phi) is 3.19. The fraction of sp³-hybridized carbons (Fsp3) is 0.647. The highest BCUT2D eigenvalue weighted by atomic mass is 16.3. The van der Waals surface area contributed by atoms with Gasteiger partial charge in [0, 0.05) is 0 Å². The molecule has 0 amide bonds. The van der Waals surface area contributed by atoms with E-state index in [4.69, 9.17) is 0 Å². The van der Waals surface area contributed by atoms with Crippen LogP contribution in [0.3, 0.4) is 0 Å². The Balaban J connectivity index is 1.90. The molecule has 1 nitrogen and oxygen atoms in total. The molecule has 0 bridgehead atoms. The molecule has 2 aliphatic rings. The summed E-state index contributed by atoms with van der Waals surface area (Å²) in [6, 6.07) is 8.79. The van der Waals surface area contributed by atoms with Crippen LogP contribution in [-0.2, 0) is 5.60 Å². The van der Waals surface area contributed by atoms with Crippen molar-refractivity contribution in [3.05, 3.63) is 35.4 Å². The van der Waals surface area contributed by atoms with Crippen molar-refractivity contribution >= 4 is 0 Å². The van der Waals surface area contributed by atoms with Gasteiger partial charge < -0.3 is 5.11 Å². The highest BCUT2D eigenvalue weighted by Gasteiger charge is 2.37. The standard InChI is InChI=1S/C17H24O/c1-13-6-2-3-11-17(13,18)16-10-5-9-15(12-16)14-7-4-8-14/h5,9-10,12-14,18H,2-4,6-8,11H2,1H3. The van der Waals surface area contributed by atoms with Gasteiger partial charge in [-0.2, -0.15) is 0 Å². The number of benzene rings is 1. The molecule has 0 spiro atoms. The minimum absolute atomic E-state index is 0.392. The Hall–Kier alpha value is -0.820. The van der Waals surface area contributed by atoms with E-state index >= 15 is 0 Å². The molecule has 2 atom stereocenters. The summed E-state index contributed by atoms with van der Waals surface area (Å²) < 4.78 is 0. The lowest BCUT2D eigenvalue weighted by atomic mass is 9.71. The van der Waals surface area contributed by atoms with E-state index in [1.165, 1.54) is 36.8 Å². The second-order valence-corrected chi connectivity index (χ2v) is 6.32. The Labute approximate surface area is 110 Å². The highest BCUT2D eigenvalue weighted by Crippen LogP contribution is 2.43. The summed E-state index contributed by atoms with van der Waals surface area (Å²) in [6.07, 6.45) is 8.55. The summed E-state index contributed by atoms with van der Waals surface area (Å²) in [5.74, 6) is 1.15. The lowest BCUT2D eigenvalue weighted by molar-refractivity contribution is -0.0470. The van der Waals surface area contributed by atoms with Gasteiger partial charge in [-0.1, -0.05) is 50.5 Å². The molecule has 1 heteroatoms. The molecule has 3 rings (SSSR count). The molecule has 2 unspecified atom stereocenters. The molecule has 0 heterocycles. The Morgan fingerprint density at radius 3 is 2.61 bits per heavy atom. The van der Waals surface area contributed by atoms with Crippen LogP contribution in [-0.4, -0.2) is 5.11 Å². The summed E-state index contributed by atoms with van der Waals surface area (Å²) in [5, 5.41) is 11.0. The Bertz CT molecular complexity index is 421. The van der Waals surface area contributed by atoms with Gasteiger partial charge in [0.2, 0.25) is 0 Å². The molecule has 0 aliphatic heterocycles. The number of hydrogen-bond acceptors (Lipinski definition) is 1. The molecule has 0 aromatic heterocycles. The Morgan fingerprint density at radius 1 is 1.11 bits per heavy atom. The van der Waals surface area contributed by atoms with Crippen LogP contribution in [0.5, 0.6) is 0 Å². The van der Waals surface area contributed by atoms with Gasteiger partial charge in [0.05, 0.1) is 5.60 Å². The van der Waals surface area contributed by atoms with Crippen molar-refractivity contribution in [1.82, 2.24) is 0 Å². The number of hydrogen-bond donors (Lipinski definition) is 1. The first kappa shape index (κ1) is 12.2. The van der Waals surface area contributed by atoms with E-state index in [1.54, 1.807) is 0 Å². The van der Waals surface area contributed by atoms with E-state index in [-0.39, 0.29) is 0 Å². The van der Waals surface area contributed by atoms with E-state index in [9.17, 15) is 5.11 Å². The van der Waals surface area contributed by atoms with Gasteiger partial charge in [0.25, 0.3) is 0 Å². The number of aliphatic hydroxyl groups is 1. The van der Waals surface area contributed by atoms with E-state index in [0.717, 1.165) is 25.2 Å². The third kappa shape index (κ3) is 1.99. The van der Waals surface area contributed by atoms with Crippen molar-refractivity contribution < 1.29 is 5.11 Å². The van der Waals surface area contributed by atoms with Crippen LogP contribution in [0.25, 0.3) is 0 Å². The van der Waals surface area contributed by atoms with Crippen LogP contribution in [0.1, 0.15) is 68.9 Å². The summed E-state index contributed by atoms with van der Waals surface area (Å²) in [4.78, 5) is 0. The normalized spacial score (nSPS) is 33.1. The first-order chi connectivity index (χ1) is 8.70. The van der Waals surface area contributed by atoms with Crippen LogP contribution in [0.2, 0.25) is 0 Å². The summed E-state index contributed by atoms with van der Waals surface area (Å²) in [5.41, 5.74) is 2.04. The fourth-order valence-corrected chi connectivity index (χ4v) is 3.56. The zero-order chi connectivity index (χ0) is 12.6. The van der Waals surface area contributed by atoms with Gasteiger partial charge in [-0.25, -0.2) is 0 Å². The predicted octanol–water partition coefficient (Wildman–Crippen LogP) is 4.35. The van der Waals surface area contributed by atoms with Crippen molar-refractivity contribution in [2.24, 2.45) is 5.92 Å². The van der Waals surface area contributed by atoms with Gasteiger partial charge in [-0.05, 0) is 48.6 Å². The SMILES string of the molecule is CC1CCCCC1(O)c1cccc(C2CCC2)c1. The summed E-state index contributed by atoms with van der Waals surface area (Å²) >= 11 is 0. The van der Waals surface area contributed by atoms with E-state index < -0.39 is 5.60 Å². The largest absolute Gasteiger partial charge is 0.385 e. The van der Waals surface area contributed by atoms with Crippen LogP contribution in [0.4, 0.5) is 0 Å². The van der Waals surface area contributed by atoms with Crippen molar-refractivity contribution in [3.8, 4) is 0 Å². The second-order valence-electron chi connectivity index (χ2n) is 6.32. The smallest absolute Gasteiger partial charge is 0.0922 e. The molecule has 2 fully saturated rings. The molecule has 1 aromatic rings. The second kappa shape index (κ2) is 4.70. The van der Waals surface area contributed by atoms with Crippen LogP contribution >= 0.6 is 0 Å². The monoisotopic (exact) mass is 244 g/mol. The third-order valence-corrected chi connectivity index (χ3v) is 5.22. The van der Waals surface area contributed by atoms with Gasteiger partial charge in [-0.15, -0.1) is 0 Å². The minimum Gasteiger partial charge on any atom is -0.385 e. The first-order valence-corrected chi connectivity index (χ1v) is 7.53. The van der Waals surface area contributed by atoms with Crippen LogP contribution in [0, 0.1) is 5.92 Å². The topological polar surface area (TPSA) is 20.2 Å². The van der Waals surface area contributed by atoms with Crippen LogP contribution in [0.15, 0.2) is 24.3 Å². The zero-order valence-corrected chi connectivity index (χ0v) is 11.4. The molecule has 0 saturated heterocycles. The quantitative estimate of drug-likeness (QED) is 0.820. The molecule has 2 aliphatic carbocycles. The van der Waals surface area contributed by atoms with Gasteiger partial charge in [0.15, 0.2) is 0 Å². The molecule has 1 N–H and O–H groups in total. The maximum Gasteiger partial charge on any atom is 0.0922 e. The van der Waals surface area contributed by atoms with Crippen molar-refractivity contribution in [3.63, 3.8) is 0 Å². The van der Waals surface area contributed by atoms with Gasteiger partial charge >= 0.3 is 0 Å². The van der Waals surface area contributed by atoms with Crippen LogP contribution < -0.4 is 0 Å². The minimum atomic E-state index is -0.571. The first-order valence-electron chi connectivity index (χ1n) is 7.53. The molecular weight excluding hydrogens is 220 g/mol. The lowest BCUT2D eigenvalue weighted by Crippen LogP contribution is -2.36. The van der Waals surface area contributed by atoms with Crippen molar-refractivity contribution in [2.45, 2.75) is 63.4 Å². The Morgan fingerprint density at radius 2 is 1.94 bits per heavy atom. The molecule has 0 radical (unpaired) electrons. The fourth-order valence-electron chi connectivity index (χ4n) is 3.56. The van der Waals surface area contributed by atoms with Crippen molar-refractivity contribution in [2.75, 3.05) is 0 Å². The third-order valence-electron chi connectivity index (χ3n) is 5.22. The molecule has 1 aromatic carbocycles. The van der Waals surface area contributed by atoms with E-state index in [1.807, 2.05) is 0 Å². The highest BCUT2D eigenvalue weighted by molar-refractivity contribution is 5.32.